The first kappa shape index (κ1) is 14.8. The fourth-order valence-corrected chi connectivity index (χ4v) is 3.23. The second-order valence-electron chi connectivity index (χ2n) is 6.59. The van der Waals surface area contributed by atoms with E-state index in [4.69, 9.17) is 0 Å². The molecule has 3 rings (SSSR count). The van der Waals surface area contributed by atoms with Crippen molar-refractivity contribution in [1.29, 1.82) is 0 Å². The number of nitrogens with one attached hydrogen (secondary N) is 1. The van der Waals surface area contributed by atoms with Gasteiger partial charge in [-0.2, -0.15) is 0 Å². The third-order valence-electron chi connectivity index (χ3n) is 4.77. The Morgan fingerprint density at radius 3 is 2.81 bits per heavy atom. The minimum absolute atomic E-state index is 0.141. The van der Waals surface area contributed by atoms with Gasteiger partial charge in [-0.25, -0.2) is 4.39 Å². The Hall–Kier alpha value is -1.13. The van der Waals surface area contributed by atoms with Gasteiger partial charge in [0, 0.05) is 37.9 Å². The maximum atomic E-state index is 13.6. The van der Waals surface area contributed by atoms with Crippen molar-refractivity contribution >= 4 is 5.69 Å². The van der Waals surface area contributed by atoms with Crippen LogP contribution >= 0.6 is 0 Å². The molecule has 2 fully saturated rings. The normalized spacial score (nSPS) is 22.7. The maximum absolute atomic E-state index is 13.6. The van der Waals surface area contributed by atoms with E-state index in [2.05, 4.69) is 29.2 Å². The summed E-state index contributed by atoms with van der Waals surface area (Å²) in [4.78, 5) is 4.72. The van der Waals surface area contributed by atoms with E-state index in [0.29, 0.717) is 12.1 Å². The molecule has 1 aromatic carbocycles. The van der Waals surface area contributed by atoms with E-state index in [0.717, 1.165) is 24.3 Å². The Labute approximate surface area is 127 Å². The Morgan fingerprint density at radius 1 is 1.33 bits per heavy atom. The first-order valence-electron chi connectivity index (χ1n) is 8.06. The smallest absolute Gasteiger partial charge is 0.123 e. The molecule has 1 atom stereocenters. The monoisotopic (exact) mass is 291 g/mol. The van der Waals surface area contributed by atoms with Gasteiger partial charge in [0.25, 0.3) is 0 Å². The fourth-order valence-electron chi connectivity index (χ4n) is 3.23. The minimum Gasteiger partial charge on any atom is -0.373 e. The van der Waals surface area contributed by atoms with Crippen molar-refractivity contribution in [3.05, 3.63) is 29.6 Å². The highest BCUT2D eigenvalue weighted by Crippen LogP contribution is 2.25. The number of benzene rings is 1. The van der Waals surface area contributed by atoms with Gasteiger partial charge in [-0.1, -0.05) is 0 Å². The van der Waals surface area contributed by atoms with E-state index in [9.17, 15) is 4.39 Å². The number of hydrogen-bond acceptors (Lipinski definition) is 3. The summed E-state index contributed by atoms with van der Waals surface area (Å²) in [6.07, 6.45) is 5.06. The molecule has 116 valence electrons. The Bertz CT molecular complexity index is 487. The lowest BCUT2D eigenvalue weighted by molar-refractivity contribution is 0.314. The molecular formula is C17H26FN3. The first-order valence-corrected chi connectivity index (χ1v) is 8.06. The SMILES string of the molecule is CN(CC1CCCN1C)c1ccc(F)cc1CNC1CC1. The maximum Gasteiger partial charge on any atom is 0.123 e. The van der Waals surface area contributed by atoms with Gasteiger partial charge in [0.2, 0.25) is 0 Å². The Balaban J connectivity index is 1.69. The highest BCUT2D eigenvalue weighted by atomic mass is 19.1. The molecule has 1 heterocycles. The van der Waals surface area contributed by atoms with Gasteiger partial charge in [-0.3, -0.25) is 0 Å². The van der Waals surface area contributed by atoms with Crippen molar-refractivity contribution < 1.29 is 4.39 Å². The standard InChI is InChI=1S/C17H26FN3/c1-20-9-3-4-16(20)12-21(2)17-8-5-14(18)10-13(17)11-19-15-6-7-15/h5,8,10,15-16,19H,3-4,6-7,9,11-12H2,1-2H3. The summed E-state index contributed by atoms with van der Waals surface area (Å²) in [5.74, 6) is -0.141. The van der Waals surface area contributed by atoms with Crippen molar-refractivity contribution in [2.75, 3.05) is 32.1 Å². The lowest BCUT2D eigenvalue weighted by Crippen LogP contribution is -2.37. The molecule has 1 unspecified atom stereocenters. The molecule has 0 amide bonds. The molecule has 0 bridgehead atoms. The van der Waals surface area contributed by atoms with Gasteiger partial charge < -0.3 is 15.1 Å². The lowest BCUT2D eigenvalue weighted by atomic mass is 10.1. The van der Waals surface area contributed by atoms with Gasteiger partial charge in [0.1, 0.15) is 5.82 Å². The number of rotatable bonds is 6. The fraction of sp³-hybridized carbons (Fsp3) is 0.647. The molecule has 1 aliphatic heterocycles. The number of anilines is 1. The molecule has 0 radical (unpaired) electrons. The highest BCUT2D eigenvalue weighted by molar-refractivity contribution is 5.53. The second-order valence-corrected chi connectivity index (χ2v) is 6.59. The average Bonchev–Trinajstić information content (AvgIpc) is 3.20. The molecule has 1 saturated heterocycles. The van der Waals surface area contributed by atoms with Crippen LogP contribution in [0.1, 0.15) is 31.2 Å². The predicted molar refractivity (Wildman–Crippen MR) is 85.2 cm³/mol. The number of nitrogens with zero attached hydrogens (tertiary/aromatic N) is 2. The quantitative estimate of drug-likeness (QED) is 0.869. The zero-order valence-electron chi connectivity index (χ0n) is 13.1. The lowest BCUT2D eigenvalue weighted by Gasteiger charge is -2.29. The molecule has 1 aliphatic carbocycles. The number of halogens is 1. The van der Waals surface area contributed by atoms with Gasteiger partial charge in [0.05, 0.1) is 0 Å². The summed E-state index contributed by atoms with van der Waals surface area (Å²) in [7, 11) is 4.33. The third-order valence-corrected chi connectivity index (χ3v) is 4.77. The molecule has 1 N–H and O–H groups in total. The minimum atomic E-state index is -0.141. The van der Waals surface area contributed by atoms with E-state index >= 15 is 0 Å². The van der Waals surface area contributed by atoms with Gasteiger partial charge in [0.15, 0.2) is 0 Å². The van der Waals surface area contributed by atoms with Crippen molar-refractivity contribution in [1.82, 2.24) is 10.2 Å². The summed E-state index contributed by atoms with van der Waals surface area (Å²) in [6.45, 7) is 2.97. The van der Waals surface area contributed by atoms with Crippen LogP contribution in [0.3, 0.4) is 0 Å². The van der Waals surface area contributed by atoms with E-state index in [1.165, 1.54) is 32.2 Å². The van der Waals surface area contributed by atoms with Gasteiger partial charge >= 0.3 is 0 Å². The zero-order chi connectivity index (χ0) is 14.8. The zero-order valence-corrected chi connectivity index (χ0v) is 13.1. The number of likely N-dealkylation sites (N-methyl/N-ethyl adjacent to an activating group) is 2. The predicted octanol–water partition coefficient (Wildman–Crippen LogP) is 2.61. The third kappa shape index (κ3) is 3.74. The largest absolute Gasteiger partial charge is 0.373 e. The van der Waals surface area contributed by atoms with Crippen LogP contribution in [0.5, 0.6) is 0 Å². The van der Waals surface area contributed by atoms with Crippen molar-refractivity contribution in [3.63, 3.8) is 0 Å². The van der Waals surface area contributed by atoms with Crippen molar-refractivity contribution in [2.45, 2.75) is 44.3 Å². The van der Waals surface area contributed by atoms with Crippen LogP contribution in [0.2, 0.25) is 0 Å². The van der Waals surface area contributed by atoms with Gasteiger partial charge in [-0.05, 0) is 63.0 Å². The van der Waals surface area contributed by atoms with Crippen LogP contribution in [0, 0.1) is 5.82 Å². The number of hydrogen-bond donors (Lipinski definition) is 1. The summed E-state index contributed by atoms with van der Waals surface area (Å²) in [5, 5.41) is 3.49. The van der Waals surface area contributed by atoms with Crippen LogP contribution in [-0.2, 0) is 6.54 Å². The van der Waals surface area contributed by atoms with Crippen LogP contribution in [0.4, 0.5) is 10.1 Å². The van der Waals surface area contributed by atoms with E-state index in [-0.39, 0.29) is 5.82 Å². The van der Waals surface area contributed by atoms with Crippen LogP contribution < -0.4 is 10.2 Å². The molecule has 1 aromatic rings. The molecule has 1 saturated carbocycles. The van der Waals surface area contributed by atoms with Crippen LogP contribution in [-0.4, -0.2) is 44.2 Å². The highest BCUT2D eigenvalue weighted by Gasteiger charge is 2.24. The summed E-state index contributed by atoms with van der Waals surface area (Å²) in [5.41, 5.74) is 2.23. The molecule has 4 heteroatoms. The molecule has 3 nitrogen and oxygen atoms in total. The van der Waals surface area contributed by atoms with Crippen LogP contribution in [0.15, 0.2) is 18.2 Å². The van der Waals surface area contributed by atoms with Crippen LogP contribution in [0.25, 0.3) is 0 Å². The molecule has 2 aliphatic rings. The first-order chi connectivity index (χ1) is 10.1. The van der Waals surface area contributed by atoms with E-state index in [1.807, 2.05) is 6.07 Å². The summed E-state index contributed by atoms with van der Waals surface area (Å²) >= 11 is 0. The van der Waals surface area contributed by atoms with E-state index in [1.54, 1.807) is 12.1 Å². The average molecular weight is 291 g/mol. The summed E-state index contributed by atoms with van der Waals surface area (Å²) in [6, 6.07) is 6.44. The summed E-state index contributed by atoms with van der Waals surface area (Å²) < 4.78 is 13.6. The molecular weight excluding hydrogens is 265 g/mol. The van der Waals surface area contributed by atoms with Crippen molar-refractivity contribution in [3.8, 4) is 0 Å². The topological polar surface area (TPSA) is 18.5 Å². The van der Waals surface area contributed by atoms with Gasteiger partial charge in [-0.15, -0.1) is 0 Å². The molecule has 21 heavy (non-hydrogen) atoms. The Kier molecular flexibility index (Phi) is 4.45. The van der Waals surface area contributed by atoms with Crippen molar-refractivity contribution in [2.24, 2.45) is 0 Å². The molecule has 0 aromatic heterocycles. The van der Waals surface area contributed by atoms with E-state index < -0.39 is 0 Å². The second kappa shape index (κ2) is 6.32. The Morgan fingerprint density at radius 2 is 2.14 bits per heavy atom. The number of likely N-dealkylation sites (tertiary alicyclic amines) is 1. The molecule has 0 spiro atoms.